The number of amides is 5. The smallest absolute Gasteiger partial charge is 0.331 e. The van der Waals surface area contributed by atoms with Gasteiger partial charge in [-0.1, -0.05) is 13.8 Å². The van der Waals surface area contributed by atoms with Gasteiger partial charge in [0.1, 0.15) is 5.41 Å². The molecule has 0 saturated carbocycles. The van der Waals surface area contributed by atoms with Crippen molar-refractivity contribution in [1.82, 2.24) is 15.5 Å². The topological polar surface area (TPSA) is 95.6 Å². The zero-order valence-corrected chi connectivity index (χ0v) is 11.0. The lowest BCUT2D eigenvalue weighted by atomic mass is 9.78. The Morgan fingerprint density at radius 3 is 2.32 bits per heavy atom. The lowest BCUT2D eigenvalue weighted by molar-refractivity contribution is -0.153. The van der Waals surface area contributed by atoms with E-state index in [1.807, 2.05) is 0 Å². The molecular formula is C12H17N3O4. The van der Waals surface area contributed by atoms with Crippen LogP contribution in [0.3, 0.4) is 0 Å². The largest absolute Gasteiger partial charge is 0.354 e. The molecule has 0 bridgehead atoms. The molecule has 0 aromatic rings. The van der Waals surface area contributed by atoms with Gasteiger partial charge in [0, 0.05) is 13.0 Å². The number of barbiturate groups is 1. The zero-order chi connectivity index (χ0) is 14.2. The predicted molar refractivity (Wildman–Crippen MR) is 64.8 cm³/mol. The molecule has 2 saturated heterocycles. The van der Waals surface area contributed by atoms with Crippen LogP contribution in [0.25, 0.3) is 0 Å². The summed E-state index contributed by atoms with van der Waals surface area (Å²) in [5.74, 6) is -1.23. The van der Waals surface area contributed by atoms with E-state index in [1.54, 1.807) is 13.8 Å². The second kappa shape index (κ2) is 4.64. The molecule has 0 aliphatic carbocycles. The maximum absolute atomic E-state index is 12.5. The molecule has 2 heterocycles. The standard InChI is InChI=1S/C12H17N3O4/c1-3-12(4-2)9(17)14-11(19)15(10(12)18)7-5-8(16)13-6-7/h7H,3-6H2,1-2H3,(H,13,16)(H,14,17,19). The Labute approximate surface area is 110 Å². The normalized spacial score (nSPS) is 26.4. The fourth-order valence-corrected chi connectivity index (χ4v) is 2.67. The monoisotopic (exact) mass is 267 g/mol. The van der Waals surface area contributed by atoms with Crippen LogP contribution < -0.4 is 10.6 Å². The number of nitrogens with zero attached hydrogens (tertiary/aromatic N) is 1. The summed E-state index contributed by atoms with van der Waals surface area (Å²) in [7, 11) is 0. The number of imide groups is 2. The molecule has 1 unspecified atom stereocenters. The second-order valence-corrected chi connectivity index (χ2v) is 4.89. The Bertz CT molecular complexity index is 456. The number of carbonyl (C=O) groups is 4. The second-order valence-electron chi connectivity index (χ2n) is 4.89. The Hall–Kier alpha value is -1.92. The molecule has 2 aliphatic rings. The Balaban J connectivity index is 2.33. The fraction of sp³-hybridized carbons (Fsp3) is 0.667. The van der Waals surface area contributed by atoms with Gasteiger partial charge in [0.2, 0.25) is 17.7 Å². The summed E-state index contributed by atoms with van der Waals surface area (Å²) in [5, 5.41) is 4.82. The number of rotatable bonds is 3. The molecule has 0 aromatic heterocycles. The third-order valence-corrected chi connectivity index (χ3v) is 4.03. The van der Waals surface area contributed by atoms with Gasteiger partial charge in [0.15, 0.2) is 0 Å². The molecule has 2 fully saturated rings. The lowest BCUT2D eigenvalue weighted by Gasteiger charge is -2.40. The van der Waals surface area contributed by atoms with Crippen molar-refractivity contribution in [2.24, 2.45) is 5.41 Å². The van der Waals surface area contributed by atoms with Crippen molar-refractivity contribution in [2.45, 2.75) is 39.2 Å². The van der Waals surface area contributed by atoms with Gasteiger partial charge < -0.3 is 5.32 Å². The third kappa shape index (κ3) is 1.89. The van der Waals surface area contributed by atoms with E-state index in [0.29, 0.717) is 12.8 Å². The number of urea groups is 1. The van der Waals surface area contributed by atoms with Crippen LogP contribution >= 0.6 is 0 Å². The summed E-state index contributed by atoms with van der Waals surface area (Å²) in [6.45, 7) is 3.73. The van der Waals surface area contributed by atoms with Gasteiger partial charge >= 0.3 is 6.03 Å². The van der Waals surface area contributed by atoms with Crippen LogP contribution in [0.4, 0.5) is 4.79 Å². The molecule has 2 aliphatic heterocycles. The SMILES string of the molecule is CCC1(CC)C(=O)NC(=O)N(C2CNC(=O)C2)C1=O. The molecule has 0 aromatic carbocycles. The highest BCUT2D eigenvalue weighted by Gasteiger charge is 2.53. The molecule has 19 heavy (non-hydrogen) atoms. The first kappa shape index (κ1) is 13.5. The van der Waals surface area contributed by atoms with Crippen LogP contribution in [0.2, 0.25) is 0 Å². The maximum atomic E-state index is 12.5. The van der Waals surface area contributed by atoms with Crippen LogP contribution in [0.1, 0.15) is 33.1 Å². The summed E-state index contributed by atoms with van der Waals surface area (Å²) in [6.07, 6.45) is 0.745. The summed E-state index contributed by atoms with van der Waals surface area (Å²) in [6, 6.07) is -1.24. The highest BCUT2D eigenvalue weighted by atomic mass is 16.2. The molecular weight excluding hydrogens is 250 g/mol. The maximum Gasteiger partial charge on any atom is 0.331 e. The van der Waals surface area contributed by atoms with E-state index in [-0.39, 0.29) is 18.9 Å². The minimum Gasteiger partial charge on any atom is -0.354 e. The van der Waals surface area contributed by atoms with E-state index >= 15 is 0 Å². The van der Waals surface area contributed by atoms with E-state index in [9.17, 15) is 19.2 Å². The summed E-state index contributed by atoms with van der Waals surface area (Å²) in [4.78, 5) is 48.6. The molecule has 104 valence electrons. The van der Waals surface area contributed by atoms with Gasteiger partial charge in [-0.25, -0.2) is 4.79 Å². The van der Waals surface area contributed by atoms with Crippen molar-refractivity contribution in [1.29, 1.82) is 0 Å². The van der Waals surface area contributed by atoms with Crippen LogP contribution in [0, 0.1) is 5.41 Å². The van der Waals surface area contributed by atoms with Gasteiger partial charge in [0.05, 0.1) is 6.04 Å². The van der Waals surface area contributed by atoms with Crippen LogP contribution in [-0.2, 0) is 14.4 Å². The van der Waals surface area contributed by atoms with Gasteiger partial charge in [-0.2, -0.15) is 0 Å². The summed E-state index contributed by atoms with van der Waals surface area (Å²) in [5.41, 5.74) is -1.19. The van der Waals surface area contributed by atoms with Crippen LogP contribution in [0.15, 0.2) is 0 Å². The predicted octanol–water partition coefficient (Wildman–Crippen LogP) is -0.240. The molecule has 5 amide bonds. The Morgan fingerprint density at radius 1 is 1.21 bits per heavy atom. The van der Waals surface area contributed by atoms with Gasteiger partial charge in [-0.05, 0) is 12.8 Å². The molecule has 7 nitrogen and oxygen atoms in total. The first-order chi connectivity index (χ1) is 8.96. The Morgan fingerprint density at radius 2 is 1.84 bits per heavy atom. The average molecular weight is 267 g/mol. The van der Waals surface area contributed by atoms with Crippen molar-refractivity contribution in [3.63, 3.8) is 0 Å². The van der Waals surface area contributed by atoms with Gasteiger partial charge in [-0.15, -0.1) is 0 Å². The molecule has 1 atom stereocenters. The third-order valence-electron chi connectivity index (χ3n) is 4.03. The minimum atomic E-state index is -1.19. The van der Waals surface area contributed by atoms with Crippen molar-refractivity contribution < 1.29 is 19.2 Å². The molecule has 2 N–H and O–H groups in total. The first-order valence-corrected chi connectivity index (χ1v) is 6.42. The van der Waals surface area contributed by atoms with Crippen molar-refractivity contribution in [3.8, 4) is 0 Å². The lowest BCUT2D eigenvalue weighted by Crippen LogP contribution is -2.66. The quantitative estimate of drug-likeness (QED) is 0.690. The van der Waals surface area contributed by atoms with E-state index in [1.165, 1.54) is 0 Å². The van der Waals surface area contributed by atoms with Crippen molar-refractivity contribution >= 4 is 23.8 Å². The van der Waals surface area contributed by atoms with Crippen LogP contribution in [0.5, 0.6) is 0 Å². The van der Waals surface area contributed by atoms with E-state index in [2.05, 4.69) is 10.6 Å². The average Bonchev–Trinajstić information content (AvgIpc) is 2.77. The first-order valence-electron chi connectivity index (χ1n) is 6.42. The van der Waals surface area contributed by atoms with Gasteiger partial charge in [-0.3, -0.25) is 24.6 Å². The van der Waals surface area contributed by atoms with E-state index in [4.69, 9.17) is 0 Å². The summed E-state index contributed by atoms with van der Waals surface area (Å²) >= 11 is 0. The highest BCUT2D eigenvalue weighted by molar-refractivity contribution is 6.19. The highest BCUT2D eigenvalue weighted by Crippen LogP contribution is 2.33. The molecule has 0 spiro atoms. The molecule has 7 heteroatoms. The minimum absolute atomic E-state index is 0.0941. The van der Waals surface area contributed by atoms with Crippen molar-refractivity contribution in [3.05, 3.63) is 0 Å². The zero-order valence-electron chi connectivity index (χ0n) is 11.0. The number of hydrogen-bond acceptors (Lipinski definition) is 4. The molecule has 0 radical (unpaired) electrons. The number of carbonyl (C=O) groups excluding carboxylic acids is 4. The van der Waals surface area contributed by atoms with Crippen LogP contribution in [-0.4, -0.2) is 41.2 Å². The molecule has 2 rings (SSSR count). The van der Waals surface area contributed by atoms with E-state index < -0.39 is 29.3 Å². The fourth-order valence-electron chi connectivity index (χ4n) is 2.67. The van der Waals surface area contributed by atoms with Gasteiger partial charge in [0.25, 0.3) is 0 Å². The van der Waals surface area contributed by atoms with E-state index in [0.717, 1.165) is 4.90 Å². The number of hydrogen-bond donors (Lipinski definition) is 2. The summed E-state index contributed by atoms with van der Waals surface area (Å²) < 4.78 is 0. The number of nitrogens with one attached hydrogen (secondary N) is 2. The van der Waals surface area contributed by atoms with Crippen molar-refractivity contribution in [2.75, 3.05) is 6.54 Å². The Kier molecular flexibility index (Phi) is 3.30.